The van der Waals surface area contributed by atoms with E-state index in [4.69, 9.17) is 4.74 Å². The number of rotatable bonds is 3. The molecule has 0 aliphatic heterocycles. The number of aryl methyl sites for hydroxylation is 1. The second-order valence-electron chi connectivity index (χ2n) is 3.56. The number of aldehydes is 1. The minimum Gasteiger partial charge on any atom is -0.497 e. The molecule has 0 aliphatic carbocycles. The average molecular weight is 232 g/mol. The van der Waals surface area contributed by atoms with Crippen molar-refractivity contribution in [2.75, 3.05) is 7.11 Å². The molecule has 1 heterocycles. The van der Waals surface area contributed by atoms with Crippen molar-refractivity contribution in [3.63, 3.8) is 0 Å². The number of carbonyl (C=O) groups is 1. The predicted octanol–water partition coefficient (Wildman–Crippen LogP) is 3.54. The van der Waals surface area contributed by atoms with Crippen LogP contribution in [0.5, 0.6) is 5.75 Å². The maximum absolute atomic E-state index is 11.0. The molecule has 3 heteroatoms. The lowest BCUT2D eigenvalue weighted by Gasteiger charge is -2.05. The molecule has 0 unspecified atom stereocenters. The Labute approximate surface area is 98.5 Å². The maximum Gasteiger partial charge on any atom is 0.150 e. The molecule has 0 saturated heterocycles. The number of hydrogen-bond acceptors (Lipinski definition) is 3. The zero-order valence-electron chi connectivity index (χ0n) is 9.19. The molecule has 0 fully saturated rings. The van der Waals surface area contributed by atoms with Crippen LogP contribution in [0.4, 0.5) is 0 Å². The largest absolute Gasteiger partial charge is 0.497 e. The molecule has 16 heavy (non-hydrogen) atoms. The summed E-state index contributed by atoms with van der Waals surface area (Å²) in [7, 11) is 1.62. The topological polar surface area (TPSA) is 26.3 Å². The lowest BCUT2D eigenvalue weighted by Crippen LogP contribution is -1.88. The summed E-state index contributed by atoms with van der Waals surface area (Å²) < 4.78 is 5.17. The van der Waals surface area contributed by atoms with Crippen molar-refractivity contribution in [1.29, 1.82) is 0 Å². The van der Waals surface area contributed by atoms with Gasteiger partial charge in [-0.3, -0.25) is 4.79 Å². The van der Waals surface area contributed by atoms with Crippen LogP contribution >= 0.6 is 11.3 Å². The lowest BCUT2D eigenvalue weighted by atomic mass is 10.1. The molecule has 1 aromatic carbocycles. The van der Waals surface area contributed by atoms with Gasteiger partial charge in [-0.2, -0.15) is 0 Å². The molecule has 0 spiro atoms. The van der Waals surface area contributed by atoms with Crippen molar-refractivity contribution in [3.8, 4) is 16.2 Å². The molecule has 2 rings (SSSR count). The molecule has 0 N–H and O–H groups in total. The van der Waals surface area contributed by atoms with Crippen molar-refractivity contribution in [3.05, 3.63) is 40.8 Å². The van der Waals surface area contributed by atoms with Crippen LogP contribution in [0.1, 0.15) is 15.9 Å². The minimum absolute atomic E-state index is 0.697. The van der Waals surface area contributed by atoms with Crippen molar-refractivity contribution >= 4 is 17.6 Å². The van der Waals surface area contributed by atoms with Crippen LogP contribution in [-0.4, -0.2) is 13.4 Å². The van der Waals surface area contributed by atoms with Gasteiger partial charge in [0, 0.05) is 16.0 Å². The Balaban J connectivity index is 2.56. The lowest BCUT2D eigenvalue weighted by molar-refractivity contribution is 0.112. The molecule has 0 saturated carbocycles. The third-order valence-electron chi connectivity index (χ3n) is 2.38. The molecule has 0 amide bonds. The Kier molecular flexibility index (Phi) is 3.06. The second-order valence-corrected chi connectivity index (χ2v) is 4.47. The third-order valence-corrected chi connectivity index (χ3v) is 3.46. The molecule has 1 aromatic heterocycles. The first-order valence-corrected chi connectivity index (χ1v) is 5.81. The first-order valence-electron chi connectivity index (χ1n) is 4.93. The fourth-order valence-corrected chi connectivity index (χ4v) is 2.49. The van der Waals surface area contributed by atoms with E-state index in [-0.39, 0.29) is 0 Å². The predicted molar refractivity (Wildman–Crippen MR) is 66.4 cm³/mol. The van der Waals surface area contributed by atoms with Crippen molar-refractivity contribution in [2.45, 2.75) is 6.92 Å². The van der Waals surface area contributed by atoms with Crippen molar-refractivity contribution in [1.82, 2.24) is 0 Å². The molecule has 2 nitrogen and oxygen atoms in total. The van der Waals surface area contributed by atoms with Gasteiger partial charge in [-0.1, -0.05) is 0 Å². The van der Waals surface area contributed by atoms with Gasteiger partial charge in [0.15, 0.2) is 6.29 Å². The van der Waals surface area contributed by atoms with Crippen LogP contribution in [-0.2, 0) is 0 Å². The van der Waals surface area contributed by atoms with Gasteiger partial charge in [0.2, 0.25) is 0 Å². The van der Waals surface area contributed by atoms with Crippen LogP contribution in [0.3, 0.4) is 0 Å². The van der Waals surface area contributed by atoms with Crippen LogP contribution in [0.15, 0.2) is 29.6 Å². The summed E-state index contributed by atoms with van der Waals surface area (Å²) in [5, 5.41) is 2.07. The zero-order valence-corrected chi connectivity index (χ0v) is 10.0. The summed E-state index contributed by atoms with van der Waals surface area (Å²) >= 11 is 1.64. The standard InChI is InChI=1S/C13H12O2S/c1-9-5-13(16-8-9)12-6-11(15-2)4-3-10(12)7-14/h3-8H,1-2H3. The number of benzene rings is 1. The number of hydrogen-bond donors (Lipinski definition) is 0. The van der Waals surface area contributed by atoms with Gasteiger partial charge >= 0.3 is 0 Å². The van der Waals surface area contributed by atoms with Crippen LogP contribution in [0, 0.1) is 6.92 Å². The second kappa shape index (κ2) is 4.49. The Morgan fingerprint density at radius 2 is 2.12 bits per heavy atom. The minimum atomic E-state index is 0.697. The smallest absolute Gasteiger partial charge is 0.150 e. The van der Waals surface area contributed by atoms with Gasteiger partial charge in [-0.05, 0) is 42.1 Å². The van der Waals surface area contributed by atoms with E-state index >= 15 is 0 Å². The monoisotopic (exact) mass is 232 g/mol. The van der Waals surface area contributed by atoms with E-state index in [1.807, 2.05) is 13.0 Å². The third kappa shape index (κ3) is 1.99. The quantitative estimate of drug-likeness (QED) is 0.756. The first-order chi connectivity index (χ1) is 7.74. The summed E-state index contributed by atoms with van der Waals surface area (Å²) in [5.74, 6) is 0.770. The van der Waals surface area contributed by atoms with Gasteiger partial charge in [0.1, 0.15) is 5.75 Å². The zero-order chi connectivity index (χ0) is 11.5. The van der Waals surface area contributed by atoms with Gasteiger partial charge in [0.05, 0.1) is 7.11 Å². The van der Waals surface area contributed by atoms with Crippen molar-refractivity contribution in [2.24, 2.45) is 0 Å². The highest BCUT2D eigenvalue weighted by Gasteiger charge is 2.08. The average Bonchev–Trinajstić information content (AvgIpc) is 2.75. The summed E-state index contributed by atoms with van der Waals surface area (Å²) in [6.07, 6.45) is 0.879. The van der Waals surface area contributed by atoms with E-state index in [1.165, 1.54) is 5.56 Å². The summed E-state index contributed by atoms with van der Waals surface area (Å²) in [6.45, 7) is 2.04. The summed E-state index contributed by atoms with van der Waals surface area (Å²) in [4.78, 5) is 12.1. The number of methoxy groups -OCH3 is 1. The molecule has 2 aromatic rings. The number of thiophene rings is 1. The maximum atomic E-state index is 11.0. The summed E-state index contributed by atoms with van der Waals surface area (Å²) in [6, 6.07) is 7.56. The van der Waals surface area contributed by atoms with E-state index in [9.17, 15) is 4.79 Å². The first kappa shape index (κ1) is 10.9. The highest BCUT2D eigenvalue weighted by atomic mass is 32.1. The van der Waals surface area contributed by atoms with E-state index in [1.54, 1.807) is 30.6 Å². The van der Waals surface area contributed by atoms with Crippen LogP contribution in [0.2, 0.25) is 0 Å². The Hall–Kier alpha value is -1.61. The normalized spacial score (nSPS) is 10.1. The Bertz CT molecular complexity index is 514. The highest BCUT2D eigenvalue weighted by molar-refractivity contribution is 7.13. The van der Waals surface area contributed by atoms with Crippen LogP contribution < -0.4 is 4.74 Å². The van der Waals surface area contributed by atoms with Gasteiger partial charge in [-0.15, -0.1) is 11.3 Å². The van der Waals surface area contributed by atoms with E-state index < -0.39 is 0 Å². The van der Waals surface area contributed by atoms with Crippen LogP contribution in [0.25, 0.3) is 10.4 Å². The van der Waals surface area contributed by atoms with Gasteiger partial charge in [0.25, 0.3) is 0 Å². The molecular formula is C13H12O2S. The molecule has 0 aliphatic rings. The van der Waals surface area contributed by atoms with Crippen molar-refractivity contribution < 1.29 is 9.53 Å². The SMILES string of the molecule is COc1ccc(C=O)c(-c2cc(C)cs2)c1. The fraction of sp³-hybridized carbons (Fsp3) is 0.154. The molecule has 0 atom stereocenters. The number of ether oxygens (including phenoxy) is 1. The Morgan fingerprint density at radius 1 is 1.31 bits per heavy atom. The molecule has 82 valence electrons. The van der Waals surface area contributed by atoms with E-state index in [0.29, 0.717) is 5.56 Å². The number of carbonyl (C=O) groups excluding carboxylic acids is 1. The van der Waals surface area contributed by atoms with Gasteiger partial charge in [-0.25, -0.2) is 0 Å². The molecular weight excluding hydrogens is 220 g/mol. The van der Waals surface area contributed by atoms with Gasteiger partial charge < -0.3 is 4.74 Å². The Morgan fingerprint density at radius 3 is 2.69 bits per heavy atom. The molecule has 0 bridgehead atoms. The van der Waals surface area contributed by atoms with E-state index in [2.05, 4.69) is 11.4 Å². The highest BCUT2D eigenvalue weighted by Crippen LogP contribution is 2.31. The van der Waals surface area contributed by atoms with E-state index in [0.717, 1.165) is 22.5 Å². The fourth-order valence-electron chi connectivity index (χ4n) is 1.55. The molecule has 0 radical (unpaired) electrons. The summed E-state index contributed by atoms with van der Waals surface area (Å²) in [5.41, 5.74) is 2.84.